The number of allylic oxidation sites excluding steroid dienone is 1. The molecule has 10 heteroatoms. The second kappa shape index (κ2) is 9.30. The van der Waals surface area contributed by atoms with Crippen molar-refractivity contribution >= 4 is 45.0 Å². The molecule has 2 aromatic carbocycles. The molecule has 1 aliphatic carbocycles. The number of esters is 1. The Morgan fingerprint density at radius 1 is 1.22 bits per heavy atom. The summed E-state index contributed by atoms with van der Waals surface area (Å²) in [6.45, 7) is 0. The summed E-state index contributed by atoms with van der Waals surface area (Å²) in [6, 6.07) is 10.9. The van der Waals surface area contributed by atoms with Gasteiger partial charge < -0.3 is 14.2 Å². The maximum atomic E-state index is 12.9. The van der Waals surface area contributed by atoms with Crippen LogP contribution in [0.2, 0.25) is 5.02 Å². The van der Waals surface area contributed by atoms with E-state index in [9.17, 15) is 19.7 Å². The van der Waals surface area contributed by atoms with Gasteiger partial charge >= 0.3 is 5.97 Å². The summed E-state index contributed by atoms with van der Waals surface area (Å²) in [7, 11) is 0. The molecule has 0 bridgehead atoms. The fourth-order valence-corrected chi connectivity index (χ4v) is 4.31. The van der Waals surface area contributed by atoms with E-state index in [-0.39, 0.29) is 27.8 Å². The van der Waals surface area contributed by atoms with E-state index in [0.717, 1.165) is 6.07 Å². The van der Waals surface area contributed by atoms with Crippen LogP contribution in [0.1, 0.15) is 29.6 Å². The van der Waals surface area contributed by atoms with Gasteiger partial charge in [-0.25, -0.2) is 4.79 Å². The molecule has 0 amide bonds. The lowest BCUT2D eigenvalue weighted by molar-refractivity contribution is -0.384. The number of ketones is 1. The van der Waals surface area contributed by atoms with Gasteiger partial charge in [-0.3, -0.25) is 14.9 Å². The van der Waals surface area contributed by atoms with Crippen LogP contribution in [0, 0.1) is 16.0 Å². The van der Waals surface area contributed by atoms with Crippen LogP contribution in [0.4, 0.5) is 5.69 Å². The van der Waals surface area contributed by atoms with Crippen molar-refractivity contribution in [2.75, 3.05) is 0 Å². The molecule has 0 saturated heterocycles. The topological polar surface area (TPSA) is 105 Å². The normalized spacial score (nSPS) is 22.2. The van der Waals surface area contributed by atoms with Crippen molar-refractivity contribution in [2.24, 2.45) is 5.92 Å². The Hall–Kier alpha value is -2.91. The van der Waals surface area contributed by atoms with Gasteiger partial charge in [0.25, 0.3) is 5.69 Å². The van der Waals surface area contributed by atoms with E-state index in [1.54, 1.807) is 12.1 Å². The first kappa shape index (κ1) is 22.3. The van der Waals surface area contributed by atoms with E-state index < -0.39 is 29.0 Å². The number of para-hydroxylation sites is 1. The summed E-state index contributed by atoms with van der Waals surface area (Å²) in [6.07, 6.45) is 1.62. The largest absolute Gasteiger partial charge is 0.493 e. The number of nitro groups is 1. The van der Waals surface area contributed by atoms with Gasteiger partial charge in [-0.2, -0.15) is 0 Å². The highest BCUT2D eigenvalue weighted by Gasteiger charge is 2.42. The molecule has 0 N–H and O–H groups in total. The number of nitro benzene ring substituents is 1. The first-order chi connectivity index (χ1) is 15.3. The first-order valence-corrected chi connectivity index (χ1v) is 11.0. The fraction of sp³-hybridized carbons (Fsp3) is 0.273. The van der Waals surface area contributed by atoms with Gasteiger partial charge in [0.15, 0.2) is 0 Å². The average molecular weight is 523 g/mol. The number of carbonyl (C=O) groups is 2. The molecule has 3 atom stereocenters. The lowest BCUT2D eigenvalue weighted by Gasteiger charge is -2.36. The molecule has 0 radical (unpaired) electrons. The number of halogens is 2. The molecule has 4 rings (SSSR count). The number of hydrogen-bond acceptors (Lipinski definition) is 7. The van der Waals surface area contributed by atoms with Crippen LogP contribution < -0.4 is 4.74 Å². The third-order valence-corrected chi connectivity index (χ3v) is 6.36. The summed E-state index contributed by atoms with van der Waals surface area (Å²) >= 11 is 9.17. The third-order valence-electron chi connectivity index (χ3n) is 5.38. The molecule has 1 saturated carbocycles. The molecule has 0 spiro atoms. The van der Waals surface area contributed by atoms with E-state index in [1.807, 2.05) is 12.1 Å². The second-order valence-electron chi connectivity index (χ2n) is 7.42. The van der Waals surface area contributed by atoms with E-state index in [0.29, 0.717) is 29.5 Å². The van der Waals surface area contributed by atoms with Crippen LogP contribution in [-0.4, -0.2) is 28.9 Å². The first-order valence-electron chi connectivity index (χ1n) is 9.80. The molecule has 1 fully saturated rings. The predicted octanol–water partition coefficient (Wildman–Crippen LogP) is 5.22. The quantitative estimate of drug-likeness (QED) is 0.301. The number of carbonyl (C=O) groups excluding carboxylic acids is 2. The van der Waals surface area contributed by atoms with Crippen LogP contribution in [0.25, 0.3) is 0 Å². The molecule has 2 aromatic rings. The van der Waals surface area contributed by atoms with Crippen LogP contribution >= 0.6 is 27.5 Å². The van der Waals surface area contributed by atoms with Crippen molar-refractivity contribution in [3.05, 3.63) is 79.7 Å². The zero-order valence-corrected chi connectivity index (χ0v) is 18.9. The fourth-order valence-electron chi connectivity index (χ4n) is 3.76. The highest BCUT2D eigenvalue weighted by Crippen LogP contribution is 2.36. The van der Waals surface area contributed by atoms with E-state index in [4.69, 9.17) is 25.8 Å². The van der Waals surface area contributed by atoms with Gasteiger partial charge in [0.05, 0.1) is 20.9 Å². The molecule has 3 unspecified atom stereocenters. The minimum Gasteiger partial charge on any atom is -0.493 e. The number of benzene rings is 2. The maximum absolute atomic E-state index is 12.9. The number of fused-ring (bicyclic) bond motifs is 1. The van der Waals surface area contributed by atoms with Gasteiger partial charge in [-0.15, -0.1) is 0 Å². The molecule has 166 valence electrons. The van der Waals surface area contributed by atoms with Crippen molar-refractivity contribution < 1.29 is 28.7 Å². The van der Waals surface area contributed by atoms with E-state index >= 15 is 0 Å². The Morgan fingerprint density at radius 3 is 2.75 bits per heavy atom. The number of ether oxygens (including phenoxy) is 3. The second-order valence-corrected chi connectivity index (χ2v) is 8.69. The highest BCUT2D eigenvalue weighted by molar-refractivity contribution is 9.10. The minimum atomic E-state index is -0.691. The third kappa shape index (κ3) is 4.63. The highest BCUT2D eigenvalue weighted by atomic mass is 79.9. The van der Waals surface area contributed by atoms with Gasteiger partial charge in [0.1, 0.15) is 29.2 Å². The summed E-state index contributed by atoms with van der Waals surface area (Å²) < 4.78 is 17.7. The average Bonchev–Trinajstić information content (AvgIpc) is 2.77. The molecule has 8 nitrogen and oxygen atoms in total. The van der Waals surface area contributed by atoms with Crippen molar-refractivity contribution in [1.29, 1.82) is 0 Å². The Labute approximate surface area is 196 Å². The standard InChI is InChI=1S/C22H17BrClNO7/c23-15-3-1-2-4-18(15)32-20-11-30-19-10-13(6-7-14(19)21(20)26)31-22(27)12-5-8-16(24)17(9-12)25(28)29/h1-5,8-9,11,13-14,19H,6-7,10H2. The van der Waals surface area contributed by atoms with Gasteiger partial charge in [-0.05, 0) is 53.0 Å². The van der Waals surface area contributed by atoms with Crippen molar-refractivity contribution in [1.82, 2.24) is 0 Å². The monoisotopic (exact) mass is 521 g/mol. The van der Waals surface area contributed by atoms with Crippen LogP contribution in [0.5, 0.6) is 5.75 Å². The molecular weight excluding hydrogens is 506 g/mol. The number of Topliss-reactive ketones (excluding diaryl/α,β-unsaturated/α-hetero) is 1. The SMILES string of the molecule is O=C(OC1CCC2C(=O)C(Oc3ccccc3Br)=COC2C1)c1ccc(Cl)c([N+](=O)[O-])c1. The molecule has 1 aliphatic heterocycles. The summed E-state index contributed by atoms with van der Waals surface area (Å²) in [5.41, 5.74) is -0.332. The van der Waals surface area contributed by atoms with Crippen LogP contribution in [0.15, 0.2) is 59.0 Å². The zero-order valence-electron chi connectivity index (χ0n) is 16.5. The Morgan fingerprint density at radius 2 is 2.00 bits per heavy atom. The summed E-state index contributed by atoms with van der Waals surface area (Å²) in [5, 5.41) is 11.0. The molecule has 1 heterocycles. The minimum absolute atomic E-state index is 0.0351. The van der Waals surface area contributed by atoms with Gasteiger partial charge in [-0.1, -0.05) is 23.7 Å². The summed E-state index contributed by atoms with van der Waals surface area (Å²) in [5.74, 6) is -0.612. The van der Waals surface area contributed by atoms with Crippen molar-refractivity contribution in [2.45, 2.75) is 31.5 Å². The van der Waals surface area contributed by atoms with Crippen molar-refractivity contribution in [3.63, 3.8) is 0 Å². The van der Waals surface area contributed by atoms with E-state index in [2.05, 4.69) is 15.9 Å². The zero-order chi connectivity index (χ0) is 22.8. The number of nitrogens with zero attached hydrogens (tertiary/aromatic N) is 1. The maximum Gasteiger partial charge on any atom is 0.338 e. The molecule has 0 aromatic heterocycles. The lowest BCUT2D eigenvalue weighted by Crippen LogP contribution is -2.43. The molecule has 32 heavy (non-hydrogen) atoms. The molecular formula is C22H17BrClNO7. The van der Waals surface area contributed by atoms with Crippen LogP contribution in [-0.2, 0) is 14.3 Å². The number of hydrogen-bond donors (Lipinski definition) is 0. The Bertz CT molecular complexity index is 1120. The van der Waals surface area contributed by atoms with Gasteiger partial charge in [0, 0.05) is 12.5 Å². The smallest absolute Gasteiger partial charge is 0.338 e. The van der Waals surface area contributed by atoms with Gasteiger partial charge in [0.2, 0.25) is 11.5 Å². The lowest BCUT2D eigenvalue weighted by atomic mass is 9.80. The molecule has 2 aliphatic rings. The predicted molar refractivity (Wildman–Crippen MR) is 117 cm³/mol. The van der Waals surface area contributed by atoms with Crippen LogP contribution in [0.3, 0.4) is 0 Å². The van der Waals surface area contributed by atoms with Crippen molar-refractivity contribution in [3.8, 4) is 5.75 Å². The summed E-state index contributed by atoms with van der Waals surface area (Å²) in [4.78, 5) is 35.7. The Kier molecular flexibility index (Phi) is 6.48. The van der Waals surface area contributed by atoms with E-state index in [1.165, 1.54) is 18.4 Å². The Balaban J connectivity index is 1.40. The number of rotatable bonds is 5.